The Morgan fingerprint density at radius 1 is 1.12 bits per heavy atom. The molecule has 0 saturated carbocycles. The predicted molar refractivity (Wildman–Crippen MR) is 90.2 cm³/mol. The number of hydrogen-bond acceptors (Lipinski definition) is 5. The zero-order chi connectivity index (χ0) is 17.2. The highest BCUT2D eigenvalue weighted by Crippen LogP contribution is 2.36. The molecule has 0 spiro atoms. The third-order valence-electron chi connectivity index (χ3n) is 4.48. The van der Waals surface area contributed by atoms with E-state index in [1.54, 1.807) is 24.1 Å². The van der Waals surface area contributed by atoms with Crippen molar-refractivity contribution in [2.45, 2.75) is 13.0 Å². The molecule has 0 aromatic heterocycles. The van der Waals surface area contributed by atoms with E-state index in [1.165, 1.54) is 5.56 Å². The maximum atomic E-state index is 12.5. The molecule has 1 amide bonds. The Morgan fingerprint density at radius 2 is 1.84 bits per heavy atom. The van der Waals surface area contributed by atoms with Crippen LogP contribution in [0, 0.1) is 0 Å². The Balaban J connectivity index is 1.42. The van der Waals surface area contributed by atoms with Crippen LogP contribution in [0.5, 0.6) is 23.0 Å². The molecule has 2 aromatic carbocycles. The van der Waals surface area contributed by atoms with Crippen LogP contribution in [0.1, 0.15) is 11.1 Å². The molecule has 0 atom stereocenters. The molecule has 2 aromatic rings. The average Bonchev–Trinajstić information content (AvgIpc) is 3.11. The predicted octanol–water partition coefficient (Wildman–Crippen LogP) is 2.39. The Bertz CT molecular complexity index is 804. The van der Waals surface area contributed by atoms with Gasteiger partial charge in [0.1, 0.15) is 0 Å². The number of nitrogens with zero attached hydrogens (tertiary/aromatic N) is 1. The summed E-state index contributed by atoms with van der Waals surface area (Å²) in [5.74, 6) is 2.68. The third kappa shape index (κ3) is 3.07. The zero-order valence-electron chi connectivity index (χ0n) is 14.0. The van der Waals surface area contributed by atoms with Gasteiger partial charge in [-0.15, -0.1) is 0 Å². The fraction of sp³-hybridized carbons (Fsp3) is 0.316. The first-order valence-corrected chi connectivity index (χ1v) is 8.19. The summed E-state index contributed by atoms with van der Waals surface area (Å²) in [6, 6.07) is 11.3. The van der Waals surface area contributed by atoms with Gasteiger partial charge in [0.05, 0.1) is 7.11 Å². The second-order valence-electron chi connectivity index (χ2n) is 5.98. The van der Waals surface area contributed by atoms with E-state index in [2.05, 4.69) is 0 Å². The first-order valence-electron chi connectivity index (χ1n) is 8.19. The van der Waals surface area contributed by atoms with Crippen molar-refractivity contribution in [2.24, 2.45) is 0 Å². The van der Waals surface area contributed by atoms with Crippen molar-refractivity contribution in [2.75, 3.05) is 27.1 Å². The Labute approximate surface area is 145 Å². The molecule has 6 nitrogen and oxygen atoms in total. The number of amides is 1. The smallest absolute Gasteiger partial charge is 0.260 e. The van der Waals surface area contributed by atoms with Gasteiger partial charge in [-0.25, -0.2) is 0 Å². The molecule has 0 N–H and O–H groups in total. The fourth-order valence-corrected chi connectivity index (χ4v) is 3.13. The summed E-state index contributed by atoms with van der Waals surface area (Å²) in [5.41, 5.74) is 2.31. The van der Waals surface area contributed by atoms with Crippen LogP contribution in [0.15, 0.2) is 36.4 Å². The van der Waals surface area contributed by atoms with Crippen LogP contribution in [0.4, 0.5) is 0 Å². The maximum absolute atomic E-state index is 12.5. The van der Waals surface area contributed by atoms with Crippen molar-refractivity contribution in [3.63, 3.8) is 0 Å². The summed E-state index contributed by atoms with van der Waals surface area (Å²) in [6.45, 7) is 1.47. The standard InChI is InChI=1S/C19H19NO5/c1-22-15-4-2-3-5-16(15)23-11-19(21)20-7-6-13-8-17-18(25-12-24-17)9-14(13)10-20/h2-5,8-9H,6-7,10-12H2,1H3. The van der Waals surface area contributed by atoms with E-state index < -0.39 is 0 Å². The van der Waals surface area contributed by atoms with Gasteiger partial charge in [-0.05, 0) is 41.8 Å². The summed E-state index contributed by atoms with van der Waals surface area (Å²) < 4.78 is 21.7. The van der Waals surface area contributed by atoms with Gasteiger partial charge in [-0.3, -0.25) is 4.79 Å². The number of carbonyl (C=O) groups is 1. The lowest BCUT2D eigenvalue weighted by molar-refractivity contribution is -0.134. The molecule has 0 fully saturated rings. The molecular weight excluding hydrogens is 322 g/mol. The highest BCUT2D eigenvalue weighted by atomic mass is 16.7. The lowest BCUT2D eigenvalue weighted by Gasteiger charge is -2.29. The summed E-state index contributed by atoms with van der Waals surface area (Å²) in [6.07, 6.45) is 0.798. The number of carbonyl (C=O) groups excluding carboxylic acids is 1. The van der Waals surface area contributed by atoms with E-state index >= 15 is 0 Å². The SMILES string of the molecule is COc1ccccc1OCC(=O)N1CCc2cc3c(cc2C1)OCO3. The van der Waals surface area contributed by atoms with E-state index in [0.29, 0.717) is 24.6 Å². The fourth-order valence-electron chi connectivity index (χ4n) is 3.13. The molecule has 2 heterocycles. The molecule has 4 rings (SSSR count). The van der Waals surface area contributed by atoms with E-state index in [-0.39, 0.29) is 19.3 Å². The minimum atomic E-state index is -0.0470. The molecular formula is C19H19NO5. The van der Waals surface area contributed by atoms with Crippen LogP contribution in [0.3, 0.4) is 0 Å². The Kier molecular flexibility index (Phi) is 4.09. The van der Waals surface area contributed by atoms with Gasteiger partial charge in [0, 0.05) is 13.1 Å². The zero-order valence-corrected chi connectivity index (χ0v) is 14.0. The number of fused-ring (bicyclic) bond motifs is 2. The summed E-state index contributed by atoms with van der Waals surface area (Å²) >= 11 is 0. The van der Waals surface area contributed by atoms with Crippen LogP contribution in [-0.4, -0.2) is 37.9 Å². The normalized spacial score (nSPS) is 14.8. The van der Waals surface area contributed by atoms with Crippen LogP contribution in [0.25, 0.3) is 0 Å². The molecule has 0 radical (unpaired) electrons. The lowest BCUT2D eigenvalue weighted by atomic mass is 9.99. The number of benzene rings is 2. The average molecular weight is 341 g/mol. The maximum Gasteiger partial charge on any atom is 0.260 e. The van der Waals surface area contributed by atoms with Crippen molar-refractivity contribution >= 4 is 5.91 Å². The second-order valence-corrected chi connectivity index (χ2v) is 5.98. The topological polar surface area (TPSA) is 57.2 Å². The van der Waals surface area contributed by atoms with E-state index in [9.17, 15) is 4.79 Å². The summed E-state index contributed by atoms with van der Waals surface area (Å²) in [5, 5.41) is 0. The molecule has 0 unspecified atom stereocenters. The van der Waals surface area contributed by atoms with Crippen LogP contribution in [-0.2, 0) is 17.8 Å². The highest BCUT2D eigenvalue weighted by molar-refractivity contribution is 5.78. The van der Waals surface area contributed by atoms with Crippen LogP contribution in [0.2, 0.25) is 0 Å². The van der Waals surface area contributed by atoms with Crippen molar-refractivity contribution in [3.05, 3.63) is 47.5 Å². The van der Waals surface area contributed by atoms with Crippen LogP contribution >= 0.6 is 0 Å². The molecule has 6 heteroatoms. The van der Waals surface area contributed by atoms with Gasteiger partial charge in [0.25, 0.3) is 5.91 Å². The number of ether oxygens (including phenoxy) is 4. The summed E-state index contributed by atoms with van der Waals surface area (Å²) in [4.78, 5) is 14.3. The minimum absolute atomic E-state index is 0.0136. The van der Waals surface area contributed by atoms with Crippen molar-refractivity contribution < 1.29 is 23.7 Å². The molecule has 25 heavy (non-hydrogen) atoms. The molecule has 0 aliphatic carbocycles. The number of methoxy groups -OCH3 is 1. The van der Waals surface area contributed by atoms with Gasteiger partial charge in [0.15, 0.2) is 29.6 Å². The molecule has 130 valence electrons. The molecule has 0 bridgehead atoms. The molecule has 0 saturated heterocycles. The van der Waals surface area contributed by atoms with E-state index in [4.69, 9.17) is 18.9 Å². The lowest BCUT2D eigenvalue weighted by Crippen LogP contribution is -2.38. The first-order chi connectivity index (χ1) is 12.2. The number of rotatable bonds is 4. The van der Waals surface area contributed by atoms with Gasteiger partial charge in [-0.1, -0.05) is 12.1 Å². The highest BCUT2D eigenvalue weighted by Gasteiger charge is 2.25. The Hall–Kier alpha value is -2.89. The third-order valence-corrected chi connectivity index (χ3v) is 4.48. The quantitative estimate of drug-likeness (QED) is 0.855. The van der Waals surface area contributed by atoms with Crippen LogP contribution < -0.4 is 18.9 Å². The molecule has 2 aliphatic heterocycles. The monoisotopic (exact) mass is 341 g/mol. The van der Waals surface area contributed by atoms with Gasteiger partial charge < -0.3 is 23.8 Å². The molecule has 2 aliphatic rings. The van der Waals surface area contributed by atoms with E-state index in [0.717, 1.165) is 23.5 Å². The largest absolute Gasteiger partial charge is 0.493 e. The number of hydrogen-bond donors (Lipinski definition) is 0. The second kappa shape index (κ2) is 6.55. The van der Waals surface area contributed by atoms with Crippen molar-refractivity contribution in [1.82, 2.24) is 4.90 Å². The van der Waals surface area contributed by atoms with Gasteiger partial charge >= 0.3 is 0 Å². The van der Waals surface area contributed by atoms with Gasteiger partial charge in [0.2, 0.25) is 6.79 Å². The van der Waals surface area contributed by atoms with Crippen molar-refractivity contribution in [1.29, 1.82) is 0 Å². The minimum Gasteiger partial charge on any atom is -0.493 e. The van der Waals surface area contributed by atoms with Crippen molar-refractivity contribution in [3.8, 4) is 23.0 Å². The van der Waals surface area contributed by atoms with Gasteiger partial charge in [-0.2, -0.15) is 0 Å². The summed E-state index contributed by atoms with van der Waals surface area (Å²) in [7, 11) is 1.58. The Morgan fingerprint density at radius 3 is 2.60 bits per heavy atom. The van der Waals surface area contributed by atoms with E-state index in [1.807, 2.05) is 24.3 Å². The first kappa shape index (κ1) is 15.6. The number of para-hydroxylation sites is 2.